The zero-order valence-electron chi connectivity index (χ0n) is 17.5. The molecule has 0 aliphatic rings. The van der Waals surface area contributed by atoms with Gasteiger partial charge in [0.15, 0.2) is 17.3 Å². The van der Waals surface area contributed by atoms with Gasteiger partial charge in [0.25, 0.3) is 5.56 Å². The van der Waals surface area contributed by atoms with Gasteiger partial charge in [0, 0.05) is 5.56 Å². The zero-order chi connectivity index (χ0) is 22.0. The first kappa shape index (κ1) is 20.7. The average molecular weight is 439 g/mol. The van der Waals surface area contributed by atoms with E-state index in [1.807, 2.05) is 37.3 Å². The number of aromatic nitrogens is 3. The van der Waals surface area contributed by atoms with E-state index in [1.165, 1.54) is 37.1 Å². The van der Waals surface area contributed by atoms with E-state index in [0.717, 1.165) is 11.3 Å². The lowest BCUT2D eigenvalue weighted by Crippen LogP contribution is -2.23. The summed E-state index contributed by atoms with van der Waals surface area (Å²) >= 11 is 1.28. The molecule has 8 nitrogen and oxygen atoms in total. The number of nitrogens with zero attached hydrogens (tertiary/aromatic N) is 3. The standard InChI is InChI=1S/C22H21N3O5S/c1-5-30-15-8-6-13(7-9-15)10-18-21(26)25-20(23-24-22(25)31-18)14-11-16(27-2)19(29-4)17(12-14)28-3/h6-12H,5H2,1-4H3/b18-10-. The van der Waals surface area contributed by atoms with Crippen molar-refractivity contribution in [2.75, 3.05) is 27.9 Å². The molecule has 0 bridgehead atoms. The van der Waals surface area contributed by atoms with E-state index < -0.39 is 0 Å². The van der Waals surface area contributed by atoms with Crippen LogP contribution in [-0.4, -0.2) is 42.5 Å². The molecule has 4 rings (SSSR count). The third-order valence-electron chi connectivity index (χ3n) is 4.66. The molecule has 0 fully saturated rings. The third-order valence-corrected chi connectivity index (χ3v) is 5.62. The molecule has 160 valence electrons. The summed E-state index contributed by atoms with van der Waals surface area (Å²) in [5.41, 5.74) is 1.33. The Labute approximate surface area is 182 Å². The predicted molar refractivity (Wildman–Crippen MR) is 119 cm³/mol. The summed E-state index contributed by atoms with van der Waals surface area (Å²) in [6.07, 6.45) is 1.83. The van der Waals surface area contributed by atoms with Gasteiger partial charge in [-0.3, -0.25) is 4.79 Å². The van der Waals surface area contributed by atoms with Crippen LogP contribution in [0.4, 0.5) is 0 Å². The van der Waals surface area contributed by atoms with Crippen molar-refractivity contribution in [3.8, 4) is 34.4 Å². The molecule has 2 heterocycles. The van der Waals surface area contributed by atoms with Crippen molar-refractivity contribution in [2.24, 2.45) is 0 Å². The number of benzene rings is 2. The maximum Gasteiger partial charge on any atom is 0.276 e. The van der Waals surface area contributed by atoms with E-state index in [9.17, 15) is 4.79 Å². The van der Waals surface area contributed by atoms with Crippen molar-refractivity contribution < 1.29 is 18.9 Å². The van der Waals surface area contributed by atoms with Crippen LogP contribution in [0.2, 0.25) is 0 Å². The lowest BCUT2D eigenvalue weighted by atomic mass is 10.1. The summed E-state index contributed by atoms with van der Waals surface area (Å²) in [5.74, 6) is 2.60. The van der Waals surface area contributed by atoms with Crippen LogP contribution in [0.1, 0.15) is 12.5 Å². The maximum atomic E-state index is 13.1. The van der Waals surface area contributed by atoms with Crippen LogP contribution in [0.5, 0.6) is 23.0 Å². The Kier molecular flexibility index (Phi) is 5.77. The Morgan fingerprint density at radius 3 is 2.26 bits per heavy atom. The van der Waals surface area contributed by atoms with Gasteiger partial charge >= 0.3 is 0 Å². The van der Waals surface area contributed by atoms with Gasteiger partial charge in [0.2, 0.25) is 10.7 Å². The summed E-state index contributed by atoms with van der Waals surface area (Å²) in [5, 5.41) is 8.40. The second-order valence-corrected chi connectivity index (χ2v) is 7.48. The molecule has 2 aromatic carbocycles. The number of hydrogen-bond donors (Lipinski definition) is 0. The summed E-state index contributed by atoms with van der Waals surface area (Å²) in [6, 6.07) is 11.1. The quantitative estimate of drug-likeness (QED) is 0.438. The van der Waals surface area contributed by atoms with Crippen LogP contribution in [-0.2, 0) is 0 Å². The van der Waals surface area contributed by atoms with Gasteiger partial charge in [0.1, 0.15) is 5.75 Å². The number of fused-ring (bicyclic) bond motifs is 1. The van der Waals surface area contributed by atoms with E-state index in [-0.39, 0.29) is 5.56 Å². The number of methoxy groups -OCH3 is 3. The van der Waals surface area contributed by atoms with Crippen molar-refractivity contribution in [2.45, 2.75) is 6.92 Å². The highest BCUT2D eigenvalue weighted by Crippen LogP contribution is 2.40. The second-order valence-electron chi connectivity index (χ2n) is 6.47. The number of hydrogen-bond acceptors (Lipinski definition) is 8. The smallest absolute Gasteiger partial charge is 0.276 e. The molecule has 4 aromatic rings. The van der Waals surface area contributed by atoms with Crippen molar-refractivity contribution in [3.63, 3.8) is 0 Å². The minimum atomic E-state index is -0.192. The van der Waals surface area contributed by atoms with Crippen molar-refractivity contribution >= 4 is 22.4 Å². The van der Waals surface area contributed by atoms with Crippen LogP contribution in [0.15, 0.2) is 41.2 Å². The predicted octanol–water partition coefficient (Wildman–Crippen LogP) is 2.79. The van der Waals surface area contributed by atoms with E-state index >= 15 is 0 Å². The first-order chi connectivity index (χ1) is 15.1. The molecule has 9 heteroatoms. The Balaban J connectivity index is 1.82. The minimum absolute atomic E-state index is 0.192. The highest BCUT2D eigenvalue weighted by Gasteiger charge is 2.19. The van der Waals surface area contributed by atoms with Crippen molar-refractivity contribution in [3.05, 3.63) is 56.8 Å². The topological polar surface area (TPSA) is 84.2 Å². The summed E-state index contributed by atoms with van der Waals surface area (Å²) < 4.78 is 23.7. The molecule has 0 unspecified atom stereocenters. The number of ether oxygens (including phenoxy) is 4. The molecule has 0 aliphatic heterocycles. The Morgan fingerprint density at radius 2 is 1.68 bits per heavy atom. The van der Waals surface area contributed by atoms with Crippen LogP contribution in [0, 0.1) is 0 Å². The highest BCUT2D eigenvalue weighted by molar-refractivity contribution is 7.15. The fourth-order valence-electron chi connectivity index (χ4n) is 3.24. The molecule has 2 aromatic heterocycles. The molecule has 31 heavy (non-hydrogen) atoms. The van der Waals surface area contributed by atoms with E-state index in [1.54, 1.807) is 12.1 Å². The highest BCUT2D eigenvalue weighted by atomic mass is 32.1. The van der Waals surface area contributed by atoms with Crippen LogP contribution >= 0.6 is 11.3 Å². The summed E-state index contributed by atoms with van der Waals surface area (Å²) in [4.78, 5) is 13.6. The van der Waals surface area contributed by atoms with Gasteiger partial charge in [0.05, 0.1) is 32.5 Å². The SMILES string of the molecule is CCOc1ccc(/C=c2\sc3nnc(-c4cc(OC)c(OC)c(OC)c4)n3c2=O)cc1. The molecule has 0 amide bonds. The molecule has 0 spiro atoms. The number of thiazole rings is 1. The lowest BCUT2D eigenvalue weighted by Gasteiger charge is -2.13. The molecule has 0 saturated heterocycles. The fraction of sp³-hybridized carbons (Fsp3) is 0.227. The van der Waals surface area contributed by atoms with Gasteiger partial charge in [-0.15, -0.1) is 10.2 Å². The summed E-state index contributed by atoms with van der Waals surface area (Å²) in [7, 11) is 4.61. The van der Waals surface area contributed by atoms with Crippen LogP contribution < -0.4 is 29.0 Å². The first-order valence-corrected chi connectivity index (χ1v) is 10.3. The molecule has 0 saturated carbocycles. The average Bonchev–Trinajstić information content (AvgIpc) is 3.34. The monoisotopic (exact) mass is 439 g/mol. The Bertz CT molecular complexity index is 1300. The maximum absolute atomic E-state index is 13.1. The molecule has 0 atom stereocenters. The first-order valence-electron chi connectivity index (χ1n) is 9.52. The molecular weight excluding hydrogens is 418 g/mol. The van der Waals surface area contributed by atoms with Crippen LogP contribution in [0.3, 0.4) is 0 Å². The normalized spacial score (nSPS) is 11.7. The molecule has 0 aliphatic carbocycles. The van der Waals surface area contributed by atoms with E-state index in [2.05, 4.69) is 10.2 Å². The van der Waals surface area contributed by atoms with Gasteiger partial charge < -0.3 is 18.9 Å². The van der Waals surface area contributed by atoms with Gasteiger partial charge in [-0.1, -0.05) is 23.5 Å². The molecular formula is C22H21N3O5S. The third kappa shape index (κ3) is 3.79. The number of rotatable bonds is 7. The van der Waals surface area contributed by atoms with Crippen molar-refractivity contribution in [1.82, 2.24) is 14.6 Å². The van der Waals surface area contributed by atoms with E-state index in [0.29, 0.717) is 44.7 Å². The molecule has 0 radical (unpaired) electrons. The molecule has 0 N–H and O–H groups in total. The zero-order valence-corrected chi connectivity index (χ0v) is 18.4. The van der Waals surface area contributed by atoms with Gasteiger partial charge in [-0.25, -0.2) is 4.40 Å². The van der Waals surface area contributed by atoms with Gasteiger partial charge in [-0.05, 0) is 42.8 Å². The minimum Gasteiger partial charge on any atom is -0.494 e. The summed E-state index contributed by atoms with van der Waals surface area (Å²) in [6.45, 7) is 2.54. The van der Waals surface area contributed by atoms with Crippen molar-refractivity contribution in [1.29, 1.82) is 0 Å². The second kappa shape index (κ2) is 8.65. The van der Waals surface area contributed by atoms with E-state index in [4.69, 9.17) is 18.9 Å². The van der Waals surface area contributed by atoms with Crippen LogP contribution in [0.25, 0.3) is 22.4 Å². The fourth-order valence-corrected chi connectivity index (χ4v) is 4.15. The largest absolute Gasteiger partial charge is 0.494 e. The Morgan fingerprint density at radius 1 is 1.00 bits per heavy atom. The Hall–Kier alpha value is -3.59. The lowest BCUT2D eigenvalue weighted by molar-refractivity contribution is 0.324. The van der Waals surface area contributed by atoms with Gasteiger partial charge in [-0.2, -0.15) is 0 Å².